The molecule has 6 heteroatoms. The first-order chi connectivity index (χ1) is 10.4. The zero-order valence-corrected chi connectivity index (χ0v) is 13.9. The Bertz CT molecular complexity index is 710. The number of aryl methyl sites for hydroxylation is 6. The lowest BCUT2D eigenvalue weighted by Gasteiger charge is -2.14. The van der Waals surface area contributed by atoms with Crippen molar-refractivity contribution in [2.75, 3.05) is 0 Å². The molecule has 6 nitrogen and oxygen atoms in total. The fourth-order valence-electron chi connectivity index (χ4n) is 2.76. The van der Waals surface area contributed by atoms with E-state index < -0.39 is 0 Å². The van der Waals surface area contributed by atoms with Crippen LogP contribution in [0.2, 0.25) is 0 Å². The van der Waals surface area contributed by atoms with Gasteiger partial charge in [0.15, 0.2) is 0 Å². The van der Waals surface area contributed by atoms with Crippen LogP contribution in [0.4, 0.5) is 0 Å². The van der Waals surface area contributed by atoms with E-state index in [2.05, 4.69) is 33.5 Å². The summed E-state index contributed by atoms with van der Waals surface area (Å²) < 4.78 is 5.69. The zero-order valence-electron chi connectivity index (χ0n) is 13.9. The predicted molar refractivity (Wildman–Crippen MR) is 77.9 cm³/mol. The molecule has 3 heterocycles. The number of aromatic nitrogens is 6. The lowest BCUT2D eigenvalue weighted by atomic mass is 10.4. The fourth-order valence-corrected chi connectivity index (χ4v) is 2.76. The normalized spacial score (nSPS) is 11.2. The first kappa shape index (κ1) is 14.4. The summed E-state index contributed by atoms with van der Waals surface area (Å²) in [5.41, 5.74) is 6.06. The monoisotopic (exact) mass is 297 g/mol. The molecule has 3 aromatic heterocycles. The van der Waals surface area contributed by atoms with Gasteiger partial charge >= 0.3 is 6.29 Å². The van der Waals surface area contributed by atoms with Crippen LogP contribution in [-0.4, -0.2) is 15.3 Å². The van der Waals surface area contributed by atoms with Crippen LogP contribution in [0.5, 0.6) is 0 Å². The van der Waals surface area contributed by atoms with Crippen LogP contribution in [0.3, 0.4) is 0 Å². The van der Waals surface area contributed by atoms with Crippen molar-refractivity contribution < 1.29 is 14.0 Å². The van der Waals surface area contributed by atoms with Crippen molar-refractivity contribution >= 4 is 0 Å². The van der Waals surface area contributed by atoms with Crippen molar-refractivity contribution in [1.82, 2.24) is 15.3 Å². The van der Waals surface area contributed by atoms with Crippen LogP contribution >= 0.6 is 0 Å². The fraction of sp³-hybridized carbons (Fsp3) is 0.375. The molecule has 0 saturated carbocycles. The molecule has 0 bridgehead atoms. The molecule has 0 radical (unpaired) electrons. The smallest absolute Gasteiger partial charge is 0.187 e. The Hall–Kier alpha value is -2.50. The minimum atomic E-state index is 0.807. The van der Waals surface area contributed by atoms with Gasteiger partial charge in [0.1, 0.15) is 0 Å². The van der Waals surface area contributed by atoms with Crippen LogP contribution in [0.1, 0.15) is 34.2 Å². The molecule has 0 spiro atoms. The Morgan fingerprint density at radius 2 is 0.955 bits per heavy atom. The topological polar surface area (TPSA) is 50.3 Å². The van der Waals surface area contributed by atoms with E-state index in [9.17, 15) is 0 Å². The zero-order chi connectivity index (χ0) is 16.0. The summed E-state index contributed by atoms with van der Waals surface area (Å²) >= 11 is 0. The summed E-state index contributed by atoms with van der Waals surface area (Å²) in [6.45, 7) is 12.1. The molecule has 0 atom stereocenters. The van der Waals surface area contributed by atoms with Gasteiger partial charge in [-0.1, -0.05) is 37.9 Å². The number of hydrogen-bond acceptors (Lipinski definition) is 3. The second-order valence-electron chi connectivity index (χ2n) is 5.82. The van der Waals surface area contributed by atoms with E-state index in [1.165, 1.54) is 0 Å². The molecule has 22 heavy (non-hydrogen) atoms. The lowest BCUT2D eigenvalue weighted by Crippen LogP contribution is -2.76. The third-order valence-corrected chi connectivity index (χ3v) is 3.60. The first-order valence-electron chi connectivity index (χ1n) is 7.34. The van der Waals surface area contributed by atoms with Gasteiger partial charge in [0.2, 0.25) is 0 Å². The van der Waals surface area contributed by atoms with Gasteiger partial charge in [-0.05, 0) is 0 Å². The largest absolute Gasteiger partial charge is 0.544 e. The second-order valence-corrected chi connectivity index (χ2v) is 5.82. The summed E-state index contributed by atoms with van der Waals surface area (Å²) in [5.74, 6) is 0. The molecular weight excluding hydrogens is 276 g/mol. The van der Waals surface area contributed by atoms with Gasteiger partial charge in [-0.25, -0.2) is 0 Å². The molecule has 0 unspecified atom stereocenters. The van der Waals surface area contributed by atoms with Crippen LogP contribution in [0.15, 0.2) is 18.2 Å². The average molecular weight is 297 g/mol. The molecule has 0 aliphatic rings. The van der Waals surface area contributed by atoms with Crippen molar-refractivity contribution in [3.8, 4) is 0 Å². The minimum absolute atomic E-state index is 0.807. The van der Waals surface area contributed by atoms with E-state index in [0.29, 0.717) is 0 Å². The predicted octanol–water partition coefficient (Wildman–Crippen LogP) is 0.133. The average Bonchev–Trinajstić information content (AvgIpc) is 3.02. The molecule has 0 aliphatic heterocycles. The highest BCUT2D eigenvalue weighted by molar-refractivity contribution is 5.02. The van der Waals surface area contributed by atoms with Crippen molar-refractivity contribution in [3.05, 3.63) is 58.7 Å². The highest BCUT2D eigenvalue weighted by Crippen LogP contribution is 2.02. The lowest BCUT2D eigenvalue weighted by molar-refractivity contribution is -1.07. The Morgan fingerprint density at radius 1 is 0.682 bits per heavy atom. The van der Waals surface area contributed by atoms with E-state index in [-0.39, 0.29) is 0 Å². The quantitative estimate of drug-likeness (QED) is 0.510. The Kier molecular flexibility index (Phi) is 3.31. The van der Waals surface area contributed by atoms with Gasteiger partial charge in [-0.15, -0.1) is 20.8 Å². The molecule has 0 N–H and O–H groups in total. The van der Waals surface area contributed by atoms with Crippen molar-refractivity contribution in [3.63, 3.8) is 0 Å². The number of hydrogen-bond donors (Lipinski definition) is 0. The van der Waals surface area contributed by atoms with Gasteiger partial charge in [-0.3, -0.25) is 0 Å². The van der Waals surface area contributed by atoms with E-state index in [4.69, 9.17) is 0 Å². The highest BCUT2D eigenvalue weighted by atomic mass is 15.6. The van der Waals surface area contributed by atoms with Crippen molar-refractivity contribution in [1.29, 1.82) is 0 Å². The maximum Gasteiger partial charge on any atom is 0.544 e. The molecular formula is C16H21N6-. The molecule has 0 aromatic carbocycles. The summed E-state index contributed by atoms with van der Waals surface area (Å²) in [5, 5.41) is 13.9. The third-order valence-electron chi connectivity index (χ3n) is 3.60. The van der Waals surface area contributed by atoms with Gasteiger partial charge in [-0.2, -0.15) is 47.5 Å². The minimum Gasteiger partial charge on any atom is -0.187 e. The SMILES string of the molecule is Cc1c[c-](C)[n+]([C-]([n+]2nc(C)c[c-]2C)[n+]2nc(C)c[c-]2C)n1. The maximum atomic E-state index is 4.62. The number of nitrogens with zero attached hydrogens (tertiary/aromatic N) is 6. The van der Waals surface area contributed by atoms with E-state index >= 15 is 0 Å². The molecule has 0 saturated heterocycles. The molecule has 0 fully saturated rings. The molecule has 3 rings (SSSR count). The summed E-state index contributed by atoms with van der Waals surface area (Å²) in [6, 6.07) is 6.16. The van der Waals surface area contributed by atoms with Crippen molar-refractivity contribution in [2.45, 2.75) is 41.5 Å². The van der Waals surface area contributed by atoms with E-state index in [1.807, 2.05) is 55.6 Å². The van der Waals surface area contributed by atoms with Gasteiger partial charge in [0.05, 0.1) is 0 Å². The van der Waals surface area contributed by atoms with Gasteiger partial charge in [0.25, 0.3) is 0 Å². The van der Waals surface area contributed by atoms with Crippen LogP contribution < -0.4 is 14.0 Å². The van der Waals surface area contributed by atoms with Gasteiger partial charge < -0.3 is 0 Å². The Morgan fingerprint density at radius 3 is 1.14 bits per heavy atom. The van der Waals surface area contributed by atoms with Crippen LogP contribution in [-0.2, 0) is 0 Å². The third kappa shape index (κ3) is 2.30. The molecule has 0 aliphatic carbocycles. The first-order valence-corrected chi connectivity index (χ1v) is 7.34. The maximum absolute atomic E-state index is 4.62. The van der Waals surface area contributed by atoms with Crippen LogP contribution in [0, 0.1) is 47.8 Å². The Labute approximate surface area is 130 Å². The molecule has 0 amide bonds. The highest BCUT2D eigenvalue weighted by Gasteiger charge is 2.33. The van der Waals surface area contributed by atoms with E-state index in [0.717, 1.165) is 40.5 Å². The number of rotatable bonds is 3. The standard InChI is InChI=1S/C16H21N6/c1-10-7-13(4)20(17-10)16(21-14(5)8-11(2)18-21)22-15(6)9-12(3)19-22/h7-9H,1-6H3/q-1. The molecule has 3 aromatic rings. The summed E-state index contributed by atoms with van der Waals surface area (Å²) in [6.07, 6.45) is 0.807. The van der Waals surface area contributed by atoms with Crippen LogP contribution in [0.25, 0.3) is 0 Å². The summed E-state index contributed by atoms with van der Waals surface area (Å²) in [4.78, 5) is 0. The van der Waals surface area contributed by atoms with E-state index in [1.54, 1.807) is 0 Å². The molecule has 116 valence electrons. The second kappa shape index (κ2) is 5.05. The van der Waals surface area contributed by atoms with Gasteiger partial charge in [0, 0.05) is 17.1 Å². The Balaban J connectivity index is 2.25. The van der Waals surface area contributed by atoms with Crippen molar-refractivity contribution in [2.24, 2.45) is 0 Å². The summed E-state index contributed by atoms with van der Waals surface area (Å²) in [7, 11) is 0.